The van der Waals surface area contributed by atoms with Crippen molar-refractivity contribution < 1.29 is 4.79 Å². The average Bonchev–Trinajstić information content (AvgIpc) is 3.09. The molecule has 4 rings (SSSR count). The molecule has 0 spiro atoms. The molecule has 1 amide bonds. The smallest absolute Gasteiger partial charge is 0.254 e. The number of aryl methyl sites for hydroxylation is 2. The molecule has 1 aliphatic rings. The van der Waals surface area contributed by atoms with Crippen LogP contribution in [0.25, 0.3) is 5.78 Å². The van der Waals surface area contributed by atoms with Gasteiger partial charge in [-0.05, 0) is 38.8 Å². The number of rotatable bonds is 3. The summed E-state index contributed by atoms with van der Waals surface area (Å²) in [5, 5.41) is 7.22. The van der Waals surface area contributed by atoms with Crippen LogP contribution in [0.15, 0.2) is 30.6 Å². The fraction of sp³-hybridized carbons (Fsp3) is 0.389. The van der Waals surface area contributed by atoms with E-state index in [4.69, 9.17) is 0 Å². The highest BCUT2D eigenvalue weighted by molar-refractivity contribution is 5.92. The molecule has 3 aromatic rings. The Morgan fingerprint density at radius 1 is 1.23 bits per heavy atom. The summed E-state index contributed by atoms with van der Waals surface area (Å²) in [5.41, 5.74) is 1.77. The molecular weight excluding hydrogens is 330 g/mol. The third kappa shape index (κ3) is 3.22. The Morgan fingerprint density at radius 2 is 2.12 bits per heavy atom. The number of hydrogen-bond donors (Lipinski definition) is 1. The van der Waals surface area contributed by atoms with E-state index in [0.717, 1.165) is 36.6 Å². The van der Waals surface area contributed by atoms with E-state index in [9.17, 15) is 4.79 Å². The Kier molecular flexibility index (Phi) is 4.24. The van der Waals surface area contributed by atoms with Crippen LogP contribution < -0.4 is 10.2 Å². The Balaban J connectivity index is 1.53. The zero-order valence-corrected chi connectivity index (χ0v) is 14.9. The van der Waals surface area contributed by atoms with Crippen LogP contribution in [0.3, 0.4) is 0 Å². The topological polar surface area (TPSA) is 88.3 Å². The van der Waals surface area contributed by atoms with Gasteiger partial charge in [0.25, 0.3) is 5.78 Å². The Labute approximate surface area is 151 Å². The molecule has 8 heteroatoms. The second kappa shape index (κ2) is 6.70. The number of hydrogen-bond acceptors (Lipinski definition) is 6. The van der Waals surface area contributed by atoms with Crippen LogP contribution >= 0.6 is 0 Å². The second-order valence-electron chi connectivity index (χ2n) is 6.67. The predicted molar refractivity (Wildman–Crippen MR) is 98.1 cm³/mol. The molecular formula is C18H21N7O. The molecule has 0 saturated carbocycles. The van der Waals surface area contributed by atoms with E-state index in [1.54, 1.807) is 4.52 Å². The molecule has 1 atom stereocenters. The van der Waals surface area contributed by atoms with Gasteiger partial charge in [0.05, 0.1) is 5.92 Å². The zero-order valence-electron chi connectivity index (χ0n) is 14.9. The minimum atomic E-state index is -0.0990. The molecule has 1 saturated heterocycles. The fourth-order valence-corrected chi connectivity index (χ4v) is 3.38. The van der Waals surface area contributed by atoms with Crippen molar-refractivity contribution in [2.75, 3.05) is 23.3 Å². The number of fused-ring (bicyclic) bond motifs is 1. The van der Waals surface area contributed by atoms with Crippen molar-refractivity contribution in [3.05, 3.63) is 42.0 Å². The standard InChI is InChI=1S/C18H21N7O/c1-12-5-3-7-15(21-12)23-17(26)14-6-4-8-24(10-14)16-9-13(2)22-18-19-11-20-25(16)18/h3,5,7,9,11,14H,4,6,8,10H2,1-2H3,(H,21,23,26). The lowest BCUT2D eigenvalue weighted by Gasteiger charge is -2.33. The van der Waals surface area contributed by atoms with Gasteiger partial charge in [0, 0.05) is 30.5 Å². The van der Waals surface area contributed by atoms with Crippen molar-refractivity contribution in [2.24, 2.45) is 5.92 Å². The van der Waals surface area contributed by atoms with Crippen molar-refractivity contribution >= 4 is 23.3 Å². The van der Waals surface area contributed by atoms with E-state index in [2.05, 4.69) is 30.3 Å². The molecule has 26 heavy (non-hydrogen) atoms. The summed E-state index contributed by atoms with van der Waals surface area (Å²) >= 11 is 0. The van der Waals surface area contributed by atoms with Crippen LogP contribution in [-0.4, -0.2) is 43.6 Å². The number of anilines is 2. The molecule has 8 nitrogen and oxygen atoms in total. The van der Waals surface area contributed by atoms with Gasteiger partial charge < -0.3 is 10.2 Å². The average molecular weight is 351 g/mol. The van der Waals surface area contributed by atoms with Crippen LogP contribution in [0.4, 0.5) is 11.6 Å². The first-order valence-electron chi connectivity index (χ1n) is 8.77. The summed E-state index contributed by atoms with van der Waals surface area (Å²) in [7, 11) is 0. The number of piperidine rings is 1. The number of carbonyl (C=O) groups is 1. The van der Waals surface area contributed by atoms with Crippen molar-refractivity contribution in [3.63, 3.8) is 0 Å². The molecule has 3 aromatic heterocycles. The van der Waals surface area contributed by atoms with E-state index in [1.807, 2.05) is 38.1 Å². The first-order valence-corrected chi connectivity index (χ1v) is 8.77. The monoisotopic (exact) mass is 351 g/mol. The maximum Gasteiger partial charge on any atom is 0.254 e. The number of carbonyl (C=O) groups excluding carboxylic acids is 1. The number of aromatic nitrogens is 5. The van der Waals surface area contributed by atoms with Crippen molar-refractivity contribution in [1.29, 1.82) is 0 Å². The van der Waals surface area contributed by atoms with Gasteiger partial charge in [-0.25, -0.2) is 9.97 Å². The molecule has 1 N–H and O–H groups in total. The largest absolute Gasteiger partial charge is 0.356 e. The minimum absolute atomic E-state index is 0.00779. The summed E-state index contributed by atoms with van der Waals surface area (Å²) in [6.07, 6.45) is 3.30. The van der Waals surface area contributed by atoms with E-state index >= 15 is 0 Å². The van der Waals surface area contributed by atoms with Gasteiger partial charge in [-0.1, -0.05) is 6.07 Å². The van der Waals surface area contributed by atoms with Gasteiger partial charge in [-0.2, -0.15) is 14.6 Å². The predicted octanol–water partition coefficient (Wildman–Crippen LogP) is 1.99. The molecule has 1 unspecified atom stereocenters. The van der Waals surface area contributed by atoms with Crippen LogP contribution in [0.2, 0.25) is 0 Å². The zero-order chi connectivity index (χ0) is 18.1. The van der Waals surface area contributed by atoms with Gasteiger partial charge in [0.15, 0.2) is 0 Å². The molecule has 134 valence electrons. The summed E-state index contributed by atoms with van der Waals surface area (Å²) in [4.78, 5) is 27.8. The normalized spacial score (nSPS) is 17.5. The van der Waals surface area contributed by atoms with E-state index in [1.165, 1.54) is 6.33 Å². The fourth-order valence-electron chi connectivity index (χ4n) is 3.38. The lowest BCUT2D eigenvalue weighted by Crippen LogP contribution is -2.41. The number of nitrogens with zero attached hydrogens (tertiary/aromatic N) is 6. The van der Waals surface area contributed by atoms with Gasteiger partial charge in [-0.15, -0.1) is 0 Å². The SMILES string of the molecule is Cc1cccc(NC(=O)C2CCCN(c3cc(C)nc4ncnn34)C2)n1. The van der Waals surface area contributed by atoms with Crippen LogP contribution in [0.5, 0.6) is 0 Å². The summed E-state index contributed by atoms with van der Waals surface area (Å²) in [6, 6.07) is 7.61. The van der Waals surface area contributed by atoms with Crippen molar-refractivity contribution in [3.8, 4) is 0 Å². The molecule has 0 aliphatic carbocycles. The Hall–Kier alpha value is -3.03. The maximum atomic E-state index is 12.7. The van der Waals surface area contributed by atoms with Crippen LogP contribution in [-0.2, 0) is 4.79 Å². The minimum Gasteiger partial charge on any atom is -0.356 e. The van der Waals surface area contributed by atoms with Gasteiger partial charge >= 0.3 is 0 Å². The molecule has 4 heterocycles. The highest BCUT2D eigenvalue weighted by Gasteiger charge is 2.27. The second-order valence-corrected chi connectivity index (χ2v) is 6.67. The summed E-state index contributed by atoms with van der Waals surface area (Å²) < 4.78 is 1.73. The lowest BCUT2D eigenvalue weighted by atomic mass is 9.97. The molecule has 0 radical (unpaired) electrons. The highest BCUT2D eigenvalue weighted by Crippen LogP contribution is 2.24. The quantitative estimate of drug-likeness (QED) is 0.776. The van der Waals surface area contributed by atoms with Crippen molar-refractivity contribution in [1.82, 2.24) is 24.6 Å². The Morgan fingerprint density at radius 3 is 2.96 bits per heavy atom. The molecule has 1 aliphatic heterocycles. The number of amides is 1. The molecule has 1 fully saturated rings. The van der Waals surface area contributed by atoms with Gasteiger partial charge in [0.2, 0.25) is 5.91 Å². The van der Waals surface area contributed by atoms with Gasteiger partial charge in [-0.3, -0.25) is 4.79 Å². The van der Waals surface area contributed by atoms with Crippen LogP contribution in [0, 0.1) is 19.8 Å². The van der Waals surface area contributed by atoms with E-state index < -0.39 is 0 Å². The third-order valence-electron chi connectivity index (χ3n) is 4.62. The number of nitrogens with one attached hydrogen (secondary N) is 1. The maximum absolute atomic E-state index is 12.7. The lowest BCUT2D eigenvalue weighted by molar-refractivity contribution is -0.120. The number of pyridine rings is 1. The van der Waals surface area contributed by atoms with E-state index in [0.29, 0.717) is 18.1 Å². The molecule has 0 bridgehead atoms. The first-order chi connectivity index (χ1) is 12.6. The third-order valence-corrected chi connectivity index (χ3v) is 4.62. The van der Waals surface area contributed by atoms with E-state index in [-0.39, 0.29) is 11.8 Å². The first kappa shape index (κ1) is 16.4. The molecule has 0 aromatic carbocycles. The van der Waals surface area contributed by atoms with Gasteiger partial charge in [0.1, 0.15) is 18.0 Å². The highest BCUT2D eigenvalue weighted by atomic mass is 16.2. The van der Waals surface area contributed by atoms with Crippen LogP contribution in [0.1, 0.15) is 24.2 Å². The Bertz CT molecular complexity index is 952. The summed E-state index contributed by atoms with van der Waals surface area (Å²) in [5.74, 6) is 2.02. The van der Waals surface area contributed by atoms with Crippen molar-refractivity contribution in [2.45, 2.75) is 26.7 Å². The summed E-state index contributed by atoms with van der Waals surface area (Å²) in [6.45, 7) is 5.36.